The Morgan fingerprint density at radius 1 is 1.19 bits per heavy atom. The molecule has 0 atom stereocenters. The quantitative estimate of drug-likeness (QED) is 0.628. The van der Waals surface area contributed by atoms with Crippen LogP contribution < -0.4 is 9.64 Å². The van der Waals surface area contributed by atoms with Gasteiger partial charge in [-0.2, -0.15) is 0 Å². The van der Waals surface area contributed by atoms with E-state index in [0.717, 1.165) is 24.4 Å². The maximum atomic E-state index is 10.8. The highest BCUT2D eigenvalue weighted by atomic mass is 16.5. The summed E-state index contributed by atoms with van der Waals surface area (Å²) in [7, 11) is 1.64. The third kappa shape index (κ3) is 7.02. The highest BCUT2D eigenvalue weighted by molar-refractivity contribution is 5.67. The number of carboxylic acid groups (broad SMARTS) is 1. The molecule has 1 aromatic carbocycles. The van der Waals surface area contributed by atoms with E-state index in [1.165, 1.54) is 25.7 Å². The molecule has 0 radical (unpaired) electrons. The number of unbranched alkanes of at least 4 members (excludes halogenated alkanes) is 4. The fourth-order valence-corrected chi connectivity index (χ4v) is 2.31. The van der Waals surface area contributed by atoms with Gasteiger partial charge in [0.2, 0.25) is 0 Å². The van der Waals surface area contributed by atoms with Crippen LogP contribution in [0.25, 0.3) is 0 Å². The van der Waals surface area contributed by atoms with Gasteiger partial charge in [0.05, 0.1) is 13.5 Å². The number of rotatable bonds is 11. The third-order valence-electron chi connectivity index (χ3n) is 3.55. The molecule has 0 amide bonds. The van der Waals surface area contributed by atoms with Gasteiger partial charge in [0.1, 0.15) is 5.75 Å². The van der Waals surface area contributed by atoms with Crippen molar-refractivity contribution in [2.75, 3.05) is 25.1 Å². The van der Waals surface area contributed by atoms with Crippen molar-refractivity contribution < 1.29 is 14.6 Å². The summed E-state index contributed by atoms with van der Waals surface area (Å²) in [5, 5.41) is 8.90. The number of carboxylic acids is 1. The van der Waals surface area contributed by atoms with E-state index in [4.69, 9.17) is 9.84 Å². The number of ether oxygens (including phenoxy) is 1. The van der Waals surface area contributed by atoms with Crippen LogP contribution in [0.4, 0.5) is 5.69 Å². The SMILES string of the molecule is CCCCCCCN(CCC(=O)O)c1cccc(OC)c1. The second kappa shape index (κ2) is 10.1. The maximum Gasteiger partial charge on any atom is 0.305 e. The molecule has 0 spiro atoms. The summed E-state index contributed by atoms with van der Waals surface area (Å²) in [4.78, 5) is 13.0. The summed E-state index contributed by atoms with van der Waals surface area (Å²) in [6.45, 7) is 3.63. The Kier molecular flexibility index (Phi) is 8.32. The average Bonchev–Trinajstić information content (AvgIpc) is 2.50. The van der Waals surface area contributed by atoms with Crippen molar-refractivity contribution in [1.82, 2.24) is 0 Å². The van der Waals surface area contributed by atoms with E-state index in [-0.39, 0.29) is 6.42 Å². The largest absolute Gasteiger partial charge is 0.497 e. The monoisotopic (exact) mass is 293 g/mol. The molecule has 21 heavy (non-hydrogen) atoms. The van der Waals surface area contributed by atoms with Gasteiger partial charge in [0.15, 0.2) is 0 Å². The Morgan fingerprint density at radius 2 is 1.95 bits per heavy atom. The van der Waals surface area contributed by atoms with E-state index in [2.05, 4.69) is 11.8 Å². The molecular formula is C17H27NO3. The molecule has 0 unspecified atom stereocenters. The zero-order valence-corrected chi connectivity index (χ0v) is 13.2. The highest BCUT2D eigenvalue weighted by Gasteiger charge is 2.09. The van der Waals surface area contributed by atoms with Crippen molar-refractivity contribution in [3.05, 3.63) is 24.3 Å². The van der Waals surface area contributed by atoms with Gasteiger partial charge in [-0.1, -0.05) is 38.7 Å². The van der Waals surface area contributed by atoms with Crippen molar-refractivity contribution in [3.8, 4) is 5.75 Å². The zero-order chi connectivity index (χ0) is 15.5. The minimum absolute atomic E-state index is 0.159. The lowest BCUT2D eigenvalue weighted by Gasteiger charge is -2.24. The van der Waals surface area contributed by atoms with Crippen molar-refractivity contribution in [3.63, 3.8) is 0 Å². The van der Waals surface area contributed by atoms with Crippen molar-refractivity contribution in [2.24, 2.45) is 0 Å². The number of aliphatic carboxylic acids is 1. The number of hydrogen-bond donors (Lipinski definition) is 1. The number of nitrogens with zero attached hydrogens (tertiary/aromatic N) is 1. The minimum Gasteiger partial charge on any atom is -0.497 e. The van der Waals surface area contributed by atoms with Crippen LogP contribution in [0, 0.1) is 0 Å². The predicted octanol–water partition coefficient (Wildman–Crippen LogP) is 3.95. The van der Waals surface area contributed by atoms with Crippen LogP contribution in [0.2, 0.25) is 0 Å². The summed E-state index contributed by atoms with van der Waals surface area (Å²) in [5.74, 6) is 0.0488. The lowest BCUT2D eigenvalue weighted by molar-refractivity contribution is -0.136. The molecule has 0 heterocycles. The first kappa shape index (κ1) is 17.3. The Labute approximate surface area is 127 Å². The summed E-state index contributed by atoms with van der Waals surface area (Å²) in [6.07, 6.45) is 6.21. The molecule has 0 saturated heterocycles. The van der Waals surface area contributed by atoms with Gasteiger partial charge in [-0.3, -0.25) is 4.79 Å². The minimum atomic E-state index is -0.756. The normalized spacial score (nSPS) is 10.4. The second-order valence-corrected chi connectivity index (χ2v) is 5.25. The Morgan fingerprint density at radius 3 is 2.62 bits per heavy atom. The van der Waals surface area contributed by atoms with E-state index in [1.807, 2.05) is 24.3 Å². The molecule has 0 saturated carbocycles. The lowest BCUT2D eigenvalue weighted by atomic mass is 10.1. The molecule has 0 bridgehead atoms. The van der Waals surface area contributed by atoms with Crippen molar-refractivity contribution in [2.45, 2.75) is 45.4 Å². The first-order valence-corrected chi connectivity index (χ1v) is 7.78. The molecule has 4 heteroatoms. The first-order chi connectivity index (χ1) is 10.2. The summed E-state index contributed by atoms with van der Waals surface area (Å²) >= 11 is 0. The molecule has 0 fully saturated rings. The van der Waals surface area contributed by atoms with E-state index in [9.17, 15) is 4.79 Å². The second-order valence-electron chi connectivity index (χ2n) is 5.25. The van der Waals surface area contributed by atoms with Gasteiger partial charge < -0.3 is 14.7 Å². The number of benzene rings is 1. The lowest BCUT2D eigenvalue weighted by Crippen LogP contribution is -2.27. The molecule has 0 aliphatic carbocycles. The molecule has 0 aliphatic rings. The van der Waals surface area contributed by atoms with Crippen LogP contribution >= 0.6 is 0 Å². The highest BCUT2D eigenvalue weighted by Crippen LogP contribution is 2.22. The van der Waals surface area contributed by atoms with Crippen LogP contribution in [-0.2, 0) is 4.79 Å². The van der Waals surface area contributed by atoms with E-state index < -0.39 is 5.97 Å². The zero-order valence-electron chi connectivity index (χ0n) is 13.2. The smallest absolute Gasteiger partial charge is 0.305 e. The van der Waals surface area contributed by atoms with Gasteiger partial charge in [0, 0.05) is 24.8 Å². The van der Waals surface area contributed by atoms with E-state index >= 15 is 0 Å². The van der Waals surface area contributed by atoms with Crippen LogP contribution in [0.15, 0.2) is 24.3 Å². The number of hydrogen-bond acceptors (Lipinski definition) is 3. The van der Waals surface area contributed by atoms with Gasteiger partial charge in [-0.05, 0) is 18.6 Å². The summed E-state index contributed by atoms with van der Waals surface area (Å²) in [6, 6.07) is 7.82. The van der Waals surface area contributed by atoms with Gasteiger partial charge in [0.25, 0.3) is 0 Å². The third-order valence-corrected chi connectivity index (χ3v) is 3.55. The molecule has 1 N–H and O–H groups in total. The van der Waals surface area contributed by atoms with E-state index in [0.29, 0.717) is 6.54 Å². The summed E-state index contributed by atoms with van der Waals surface area (Å²) in [5.41, 5.74) is 1.03. The Balaban J connectivity index is 2.59. The predicted molar refractivity (Wildman–Crippen MR) is 86.2 cm³/mol. The van der Waals surface area contributed by atoms with E-state index in [1.54, 1.807) is 7.11 Å². The van der Waals surface area contributed by atoms with Crippen LogP contribution in [0.5, 0.6) is 5.75 Å². The maximum absolute atomic E-state index is 10.8. The van der Waals surface area contributed by atoms with Gasteiger partial charge in [-0.15, -0.1) is 0 Å². The standard InChI is InChI=1S/C17H27NO3/c1-3-4-5-6-7-12-18(13-11-17(19)20)15-9-8-10-16(14-15)21-2/h8-10,14H,3-7,11-13H2,1-2H3,(H,19,20). The Bertz CT molecular complexity index is 420. The summed E-state index contributed by atoms with van der Waals surface area (Å²) < 4.78 is 5.25. The number of anilines is 1. The van der Waals surface area contributed by atoms with Crippen LogP contribution in [0.3, 0.4) is 0 Å². The van der Waals surface area contributed by atoms with Gasteiger partial charge in [-0.25, -0.2) is 0 Å². The Hall–Kier alpha value is -1.71. The van der Waals surface area contributed by atoms with Crippen molar-refractivity contribution in [1.29, 1.82) is 0 Å². The van der Waals surface area contributed by atoms with Crippen LogP contribution in [0.1, 0.15) is 45.4 Å². The number of methoxy groups -OCH3 is 1. The number of carbonyl (C=O) groups is 1. The topological polar surface area (TPSA) is 49.8 Å². The molecule has 0 aliphatic heterocycles. The van der Waals surface area contributed by atoms with Gasteiger partial charge >= 0.3 is 5.97 Å². The molecule has 1 aromatic rings. The van der Waals surface area contributed by atoms with Crippen molar-refractivity contribution >= 4 is 11.7 Å². The van der Waals surface area contributed by atoms with Crippen LogP contribution in [-0.4, -0.2) is 31.3 Å². The average molecular weight is 293 g/mol. The molecule has 0 aromatic heterocycles. The fourth-order valence-electron chi connectivity index (χ4n) is 2.31. The molecule has 118 valence electrons. The molecule has 1 rings (SSSR count). The molecule has 4 nitrogen and oxygen atoms in total. The molecular weight excluding hydrogens is 266 g/mol. The fraction of sp³-hybridized carbons (Fsp3) is 0.588. The first-order valence-electron chi connectivity index (χ1n) is 7.78.